The van der Waals surface area contributed by atoms with E-state index in [0.29, 0.717) is 31.1 Å². The minimum absolute atomic E-state index is 0.0221. The Morgan fingerprint density at radius 1 is 1.20 bits per heavy atom. The summed E-state index contributed by atoms with van der Waals surface area (Å²) in [5.74, 6) is -0.303. The smallest absolute Gasteiger partial charge is 0.286 e. The number of hydrogen-bond donors (Lipinski definition) is 2. The Balaban J connectivity index is 1.60. The van der Waals surface area contributed by atoms with E-state index in [2.05, 4.69) is 20.8 Å². The highest BCUT2D eigenvalue weighted by Gasteiger charge is 2.30. The lowest BCUT2D eigenvalue weighted by molar-refractivity contribution is -0.126. The number of carbonyl (C=O) groups excluding carboxylic acids is 3. The lowest BCUT2D eigenvalue weighted by Crippen LogP contribution is -2.45. The normalized spacial score (nSPS) is 16.1. The molecule has 9 nitrogen and oxygen atoms in total. The molecule has 2 heterocycles. The Morgan fingerprint density at radius 3 is 2.63 bits per heavy atom. The van der Waals surface area contributed by atoms with E-state index in [1.807, 2.05) is 6.92 Å². The number of hydrogen-bond acceptors (Lipinski definition) is 7. The average Bonchev–Trinajstić information content (AvgIpc) is 3.28. The van der Waals surface area contributed by atoms with Crippen LogP contribution in [0.4, 0.5) is 5.69 Å². The van der Waals surface area contributed by atoms with Crippen LogP contribution in [0.15, 0.2) is 24.3 Å². The van der Waals surface area contributed by atoms with Crippen LogP contribution >= 0.6 is 11.3 Å². The molecule has 3 rings (SSSR count). The van der Waals surface area contributed by atoms with E-state index in [1.54, 1.807) is 36.3 Å². The number of ether oxygens (including phenoxy) is 1. The average molecular weight is 432 g/mol. The van der Waals surface area contributed by atoms with Gasteiger partial charge in [0.25, 0.3) is 11.8 Å². The van der Waals surface area contributed by atoms with Crippen LogP contribution in [0.5, 0.6) is 5.75 Å². The predicted octanol–water partition coefficient (Wildman–Crippen LogP) is 2.18. The van der Waals surface area contributed by atoms with Crippen LogP contribution in [0.2, 0.25) is 0 Å². The molecule has 1 aromatic heterocycles. The molecule has 0 saturated carbocycles. The number of methoxy groups -OCH3 is 1. The second kappa shape index (κ2) is 10.1. The van der Waals surface area contributed by atoms with Crippen LogP contribution in [-0.2, 0) is 4.79 Å². The SMILES string of the molecule is CCCNC(=O)[C@@H]1CCCN(C(=O)c2nnc(C(=O)Nc3ccc(OC)cc3)s2)C1. The fraction of sp³-hybridized carbons (Fsp3) is 0.450. The standard InChI is InChI=1S/C20H25N5O4S/c1-3-10-21-16(26)13-5-4-11-25(12-13)20(28)19-24-23-18(30-19)17(27)22-14-6-8-15(29-2)9-7-14/h6-9,13H,3-5,10-12H2,1-2H3,(H,21,26)(H,22,27)/t13-/m1/s1. The van der Waals surface area contributed by atoms with Gasteiger partial charge in [-0.05, 0) is 43.5 Å². The van der Waals surface area contributed by atoms with Gasteiger partial charge < -0.3 is 20.3 Å². The summed E-state index contributed by atoms with van der Waals surface area (Å²) in [5, 5.41) is 13.6. The van der Waals surface area contributed by atoms with E-state index in [0.717, 1.165) is 30.6 Å². The van der Waals surface area contributed by atoms with Crippen molar-refractivity contribution < 1.29 is 19.1 Å². The second-order valence-corrected chi connectivity index (χ2v) is 7.95. The van der Waals surface area contributed by atoms with Gasteiger partial charge in [0, 0.05) is 25.3 Å². The Morgan fingerprint density at radius 2 is 1.93 bits per heavy atom. The molecule has 0 bridgehead atoms. The first kappa shape index (κ1) is 21.7. The van der Waals surface area contributed by atoms with Crippen LogP contribution in [-0.4, -0.2) is 59.6 Å². The van der Waals surface area contributed by atoms with Gasteiger partial charge in [0.2, 0.25) is 15.9 Å². The number of anilines is 1. The lowest BCUT2D eigenvalue weighted by atomic mass is 9.97. The van der Waals surface area contributed by atoms with Crippen molar-refractivity contribution in [1.29, 1.82) is 0 Å². The van der Waals surface area contributed by atoms with Crippen molar-refractivity contribution in [3.63, 3.8) is 0 Å². The van der Waals surface area contributed by atoms with Gasteiger partial charge in [0.05, 0.1) is 13.0 Å². The Kier molecular flexibility index (Phi) is 7.34. The molecule has 160 valence electrons. The fourth-order valence-electron chi connectivity index (χ4n) is 3.16. The van der Waals surface area contributed by atoms with E-state index in [1.165, 1.54) is 0 Å². The van der Waals surface area contributed by atoms with Gasteiger partial charge in [-0.3, -0.25) is 14.4 Å². The Bertz CT molecular complexity index is 899. The summed E-state index contributed by atoms with van der Waals surface area (Å²) < 4.78 is 5.09. The number of carbonyl (C=O) groups is 3. The van der Waals surface area contributed by atoms with Crippen molar-refractivity contribution >= 4 is 34.7 Å². The van der Waals surface area contributed by atoms with Gasteiger partial charge in [-0.15, -0.1) is 10.2 Å². The second-order valence-electron chi connectivity index (χ2n) is 6.98. The first-order valence-corrected chi connectivity index (χ1v) is 10.7. The van der Waals surface area contributed by atoms with Crippen LogP contribution < -0.4 is 15.4 Å². The summed E-state index contributed by atoms with van der Waals surface area (Å²) in [7, 11) is 1.57. The fourth-order valence-corrected chi connectivity index (χ4v) is 3.87. The molecule has 2 aromatic rings. The molecule has 3 amide bonds. The monoisotopic (exact) mass is 431 g/mol. The summed E-state index contributed by atoms with van der Waals surface area (Å²) in [6.45, 7) is 3.53. The zero-order valence-electron chi connectivity index (χ0n) is 17.0. The van der Waals surface area contributed by atoms with Crippen molar-refractivity contribution in [2.45, 2.75) is 26.2 Å². The molecular weight excluding hydrogens is 406 g/mol. The quantitative estimate of drug-likeness (QED) is 0.695. The van der Waals surface area contributed by atoms with Gasteiger partial charge >= 0.3 is 0 Å². The zero-order chi connectivity index (χ0) is 21.5. The molecule has 2 N–H and O–H groups in total. The highest BCUT2D eigenvalue weighted by molar-refractivity contribution is 7.15. The maximum absolute atomic E-state index is 12.8. The third-order valence-corrected chi connectivity index (χ3v) is 5.69. The zero-order valence-corrected chi connectivity index (χ0v) is 17.8. The largest absolute Gasteiger partial charge is 0.497 e. The Hall–Kier alpha value is -3.01. The summed E-state index contributed by atoms with van der Waals surface area (Å²) in [6, 6.07) is 6.88. The maximum atomic E-state index is 12.8. The van der Waals surface area contributed by atoms with E-state index in [-0.39, 0.29) is 27.7 Å². The van der Waals surface area contributed by atoms with Crippen LogP contribution in [0.3, 0.4) is 0 Å². The molecule has 0 radical (unpaired) electrons. The molecule has 1 aliphatic heterocycles. The number of nitrogens with zero attached hydrogens (tertiary/aromatic N) is 3. The molecule has 1 fully saturated rings. The molecule has 0 unspecified atom stereocenters. The van der Waals surface area contributed by atoms with Gasteiger partial charge in [0.15, 0.2) is 0 Å². The predicted molar refractivity (Wildman–Crippen MR) is 113 cm³/mol. The molecule has 1 aromatic carbocycles. The summed E-state index contributed by atoms with van der Waals surface area (Å²) in [6.07, 6.45) is 2.37. The molecule has 1 atom stereocenters. The van der Waals surface area contributed by atoms with Gasteiger partial charge in [-0.1, -0.05) is 18.3 Å². The highest BCUT2D eigenvalue weighted by atomic mass is 32.1. The number of amides is 3. The van der Waals surface area contributed by atoms with Gasteiger partial charge in [-0.2, -0.15) is 0 Å². The van der Waals surface area contributed by atoms with Crippen LogP contribution in [0.1, 0.15) is 45.8 Å². The Labute approximate surface area is 178 Å². The topological polar surface area (TPSA) is 114 Å². The minimum atomic E-state index is -0.438. The molecule has 1 saturated heterocycles. The van der Waals surface area contributed by atoms with Crippen LogP contribution in [0, 0.1) is 5.92 Å². The first-order chi connectivity index (χ1) is 14.5. The summed E-state index contributed by atoms with van der Waals surface area (Å²) in [5.41, 5.74) is 0.584. The number of rotatable bonds is 7. The molecule has 0 aliphatic carbocycles. The van der Waals surface area contributed by atoms with Crippen molar-refractivity contribution in [3.05, 3.63) is 34.3 Å². The van der Waals surface area contributed by atoms with Crippen LogP contribution in [0.25, 0.3) is 0 Å². The van der Waals surface area contributed by atoms with Crippen molar-refractivity contribution in [2.24, 2.45) is 5.92 Å². The number of benzene rings is 1. The molecule has 1 aliphatic rings. The summed E-state index contributed by atoms with van der Waals surface area (Å²) >= 11 is 0.942. The molecule has 30 heavy (non-hydrogen) atoms. The number of nitrogens with one attached hydrogen (secondary N) is 2. The first-order valence-electron chi connectivity index (χ1n) is 9.87. The lowest BCUT2D eigenvalue weighted by Gasteiger charge is -2.31. The molecule has 10 heteroatoms. The van der Waals surface area contributed by atoms with Gasteiger partial charge in [-0.25, -0.2) is 0 Å². The van der Waals surface area contributed by atoms with Crippen molar-refractivity contribution in [3.8, 4) is 5.75 Å². The van der Waals surface area contributed by atoms with Crippen molar-refractivity contribution in [1.82, 2.24) is 20.4 Å². The number of likely N-dealkylation sites (tertiary alicyclic amines) is 1. The molecular formula is C20H25N5O4S. The third-order valence-electron chi connectivity index (χ3n) is 4.78. The maximum Gasteiger partial charge on any atom is 0.286 e. The number of aromatic nitrogens is 2. The van der Waals surface area contributed by atoms with Crippen molar-refractivity contribution in [2.75, 3.05) is 32.1 Å². The minimum Gasteiger partial charge on any atom is -0.497 e. The van der Waals surface area contributed by atoms with E-state index >= 15 is 0 Å². The van der Waals surface area contributed by atoms with E-state index < -0.39 is 5.91 Å². The van der Waals surface area contributed by atoms with E-state index in [4.69, 9.17) is 4.74 Å². The van der Waals surface area contributed by atoms with Gasteiger partial charge in [0.1, 0.15) is 5.75 Å². The summed E-state index contributed by atoms with van der Waals surface area (Å²) in [4.78, 5) is 39.1. The highest BCUT2D eigenvalue weighted by Crippen LogP contribution is 2.21. The van der Waals surface area contributed by atoms with E-state index in [9.17, 15) is 14.4 Å². The number of piperidine rings is 1. The third kappa shape index (κ3) is 5.32. The molecule has 0 spiro atoms.